The van der Waals surface area contributed by atoms with Gasteiger partial charge in [0.25, 0.3) is 5.89 Å². The third-order valence-electron chi connectivity index (χ3n) is 4.73. The molecule has 0 atom stereocenters. The molecule has 0 radical (unpaired) electrons. The summed E-state index contributed by atoms with van der Waals surface area (Å²) in [4.78, 5) is 13.0. The van der Waals surface area contributed by atoms with E-state index in [0.29, 0.717) is 30.0 Å². The van der Waals surface area contributed by atoms with Crippen LogP contribution < -0.4 is 4.90 Å². The van der Waals surface area contributed by atoms with Crippen LogP contribution >= 0.6 is 0 Å². The van der Waals surface area contributed by atoms with Gasteiger partial charge in [0.1, 0.15) is 6.07 Å². The molecule has 0 bridgehead atoms. The largest absolute Gasteiger partial charge is 0.459 e. The third kappa shape index (κ3) is 3.92. The number of furan rings is 1. The number of nitriles is 1. The van der Waals surface area contributed by atoms with Crippen molar-refractivity contribution in [2.75, 3.05) is 31.1 Å². The second-order valence-corrected chi connectivity index (χ2v) is 6.73. The normalized spacial score (nSPS) is 15.1. The topological polar surface area (TPSA) is 108 Å². The monoisotopic (exact) mass is 382 g/mol. The molecule has 4 rings (SSSR count). The van der Waals surface area contributed by atoms with Crippen LogP contribution in [-0.2, 0) is 13.0 Å². The smallest absolute Gasteiger partial charge is 0.266 e. The van der Waals surface area contributed by atoms with Gasteiger partial charge in [-0.05, 0) is 18.6 Å². The number of unbranched alkanes of at least 4 members (excludes halogenated alkanes) is 1. The van der Waals surface area contributed by atoms with Crippen LogP contribution in [0.2, 0.25) is 0 Å². The lowest BCUT2D eigenvalue weighted by Gasteiger charge is -2.33. The molecule has 0 saturated carbocycles. The van der Waals surface area contributed by atoms with Gasteiger partial charge < -0.3 is 18.3 Å². The van der Waals surface area contributed by atoms with Gasteiger partial charge in [-0.2, -0.15) is 15.2 Å². The number of aryl methyl sites for hydroxylation is 1. The number of aromatic nitrogens is 3. The fourth-order valence-electron chi connectivity index (χ4n) is 3.20. The van der Waals surface area contributed by atoms with Crippen molar-refractivity contribution in [2.45, 2.75) is 32.7 Å². The van der Waals surface area contributed by atoms with Crippen LogP contribution in [0, 0.1) is 11.3 Å². The summed E-state index contributed by atoms with van der Waals surface area (Å²) in [6.45, 7) is 5.86. The van der Waals surface area contributed by atoms with Gasteiger partial charge in [-0.3, -0.25) is 4.90 Å². The minimum Gasteiger partial charge on any atom is -0.459 e. The van der Waals surface area contributed by atoms with Crippen LogP contribution in [0.15, 0.2) is 31.8 Å². The first-order valence-corrected chi connectivity index (χ1v) is 9.50. The Morgan fingerprint density at radius 1 is 1.21 bits per heavy atom. The highest BCUT2D eigenvalue weighted by Gasteiger charge is 2.26. The number of rotatable bonds is 7. The Morgan fingerprint density at radius 3 is 2.79 bits per heavy atom. The molecule has 1 aliphatic rings. The van der Waals surface area contributed by atoms with Gasteiger partial charge in [0, 0.05) is 32.6 Å². The third-order valence-corrected chi connectivity index (χ3v) is 4.73. The zero-order chi connectivity index (χ0) is 19.3. The maximum Gasteiger partial charge on any atom is 0.266 e. The van der Waals surface area contributed by atoms with Crippen LogP contribution in [0.4, 0.5) is 5.88 Å². The van der Waals surface area contributed by atoms with E-state index in [4.69, 9.17) is 13.4 Å². The molecule has 9 nitrogen and oxygen atoms in total. The minimum atomic E-state index is 0.276. The van der Waals surface area contributed by atoms with Gasteiger partial charge in [0.2, 0.25) is 17.5 Å². The summed E-state index contributed by atoms with van der Waals surface area (Å²) in [7, 11) is 0. The van der Waals surface area contributed by atoms with Crippen molar-refractivity contribution in [1.29, 1.82) is 5.26 Å². The summed E-state index contributed by atoms with van der Waals surface area (Å²) in [5, 5.41) is 13.5. The van der Waals surface area contributed by atoms with Crippen molar-refractivity contribution >= 4 is 5.88 Å². The Hall–Kier alpha value is -3.12. The standard InChI is InChI=1S/C19H22N6O3/c1-2-3-6-17-22-16(23-28-17)13-24-7-9-25(10-8-24)19-14(12-20)21-18(27-19)15-5-4-11-26-15/h4-5,11H,2-3,6-10,13H2,1H3. The molecule has 3 aromatic heterocycles. The predicted molar refractivity (Wildman–Crippen MR) is 99.3 cm³/mol. The molecule has 3 aromatic rings. The van der Waals surface area contributed by atoms with E-state index in [1.807, 2.05) is 4.90 Å². The summed E-state index contributed by atoms with van der Waals surface area (Å²) >= 11 is 0. The van der Waals surface area contributed by atoms with Crippen LogP contribution in [0.1, 0.15) is 37.2 Å². The van der Waals surface area contributed by atoms with E-state index in [2.05, 4.69) is 33.0 Å². The molecule has 0 unspecified atom stereocenters. The van der Waals surface area contributed by atoms with Crippen LogP contribution in [0.25, 0.3) is 11.7 Å². The molecular formula is C19H22N6O3. The summed E-state index contributed by atoms with van der Waals surface area (Å²) < 4.78 is 16.4. The molecule has 1 saturated heterocycles. The number of piperazine rings is 1. The van der Waals surface area contributed by atoms with Crippen molar-refractivity contribution in [3.8, 4) is 17.7 Å². The lowest BCUT2D eigenvalue weighted by molar-refractivity contribution is 0.236. The second kappa shape index (κ2) is 8.27. The molecule has 0 N–H and O–H groups in total. The fourth-order valence-corrected chi connectivity index (χ4v) is 3.20. The van der Waals surface area contributed by atoms with Gasteiger partial charge >= 0.3 is 0 Å². The number of oxazole rings is 1. The molecule has 0 amide bonds. The first-order valence-electron chi connectivity index (χ1n) is 9.50. The molecule has 1 fully saturated rings. The highest BCUT2D eigenvalue weighted by atomic mass is 16.5. The van der Waals surface area contributed by atoms with E-state index >= 15 is 0 Å². The maximum absolute atomic E-state index is 9.40. The predicted octanol–water partition coefficient (Wildman–Crippen LogP) is 2.85. The van der Waals surface area contributed by atoms with Gasteiger partial charge in [0.15, 0.2) is 11.6 Å². The van der Waals surface area contributed by atoms with E-state index in [1.165, 1.54) is 0 Å². The molecule has 28 heavy (non-hydrogen) atoms. The van der Waals surface area contributed by atoms with Gasteiger partial charge in [0.05, 0.1) is 12.8 Å². The summed E-state index contributed by atoms with van der Waals surface area (Å²) in [6.07, 6.45) is 4.54. The second-order valence-electron chi connectivity index (χ2n) is 6.73. The molecule has 1 aliphatic heterocycles. The number of anilines is 1. The molecule has 146 valence electrons. The minimum absolute atomic E-state index is 0.276. The van der Waals surface area contributed by atoms with Crippen molar-refractivity contribution in [2.24, 2.45) is 0 Å². The van der Waals surface area contributed by atoms with E-state index in [9.17, 15) is 5.26 Å². The Bertz CT molecular complexity index is 931. The van der Waals surface area contributed by atoms with Crippen molar-refractivity contribution in [3.05, 3.63) is 35.8 Å². The van der Waals surface area contributed by atoms with Crippen LogP contribution in [-0.4, -0.2) is 46.2 Å². The molecule has 4 heterocycles. The van der Waals surface area contributed by atoms with Crippen molar-refractivity contribution < 1.29 is 13.4 Å². The Morgan fingerprint density at radius 2 is 2.07 bits per heavy atom. The summed E-state index contributed by atoms with van der Waals surface area (Å²) in [5.74, 6) is 2.76. The zero-order valence-corrected chi connectivity index (χ0v) is 15.8. The van der Waals surface area contributed by atoms with E-state index < -0.39 is 0 Å². The number of hydrogen-bond donors (Lipinski definition) is 0. The summed E-state index contributed by atoms with van der Waals surface area (Å²) in [5.41, 5.74) is 0.276. The fraction of sp³-hybridized carbons (Fsp3) is 0.474. The Balaban J connectivity index is 1.36. The van der Waals surface area contributed by atoms with Gasteiger partial charge in [-0.25, -0.2) is 0 Å². The number of nitrogens with zero attached hydrogens (tertiary/aromatic N) is 6. The molecule has 9 heteroatoms. The zero-order valence-electron chi connectivity index (χ0n) is 15.8. The van der Waals surface area contributed by atoms with E-state index in [0.717, 1.165) is 51.3 Å². The molecule has 0 aromatic carbocycles. The molecule has 0 spiro atoms. The first kappa shape index (κ1) is 18.3. The van der Waals surface area contributed by atoms with Crippen LogP contribution in [0.3, 0.4) is 0 Å². The lowest BCUT2D eigenvalue weighted by Crippen LogP contribution is -2.46. The maximum atomic E-state index is 9.40. The quantitative estimate of drug-likeness (QED) is 0.609. The molecule has 0 aliphatic carbocycles. The van der Waals surface area contributed by atoms with Crippen molar-refractivity contribution in [1.82, 2.24) is 20.0 Å². The SMILES string of the molecule is CCCCc1nc(CN2CCN(c3oc(-c4ccco4)nc3C#N)CC2)no1. The number of hydrogen-bond acceptors (Lipinski definition) is 9. The van der Waals surface area contributed by atoms with Gasteiger partial charge in [-0.15, -0.1) is 0 Å². The summed E-state index contributed by atoms with van der Waals surface area (Å²) in [6, 6.07) is 5.63. The molecular weight excluding hydrogens is 360 g/mol. The highest BCUT2D eigenvalue weighted by molar-refractivity contribution is 5.55. The highest BCUT2D eigenvalue weighted by Crippen LogP contribution is 2.29. The van der Waals surface area contributed by atoms with Gasteiger partial charge in [-0.1, -0.05) is 18.5 Å². The van der Waals surface area contributed by atoms with Crippen LogP contribution in [0.5, 0.6) is 0 Å². The van der Waals surface area contributed by atoms with E-state index in [1.54, 1.807) is 18.4 Å². The average Bonchev–Trinajstić information content (AvgIpc) is 3.47. The average molecular weight is 382 g/mol. The Labute approximate surface area is 162 Å². The van der Waals surface area contributed by atoms with E-state index in [-0.39, 0.29) is 5.69 Å². The lowest BCUT2D eigenvalue weighted by atomic mass is 10.2. The first-order chi connectivity index (χ1) is 13.8. The Kier molecular flexibility index (Phi) is 5.39. The van der Waals surface area contributed by atoms with Crippen molar-refractivity contribution in [3.63, 3.8) is 0 Å².